The minimum atomic E-state index is -0.926. The van der Waals surface area contributed by atoms with Gasteiger partial charge >= 0.3 is 0 Å². The highest BCUT2D eigenvalue weighted by atomic mass is 16.6. The summed E-state index contributed by atoms with van der Waals surface area (Å²) in [6.07, 6.45) is 19.3. The van der Waals surface area contributed by atoms with E-state index in [-0.39, 0.29) is 47.1 Å². The van der Waals surface area contributed by atoms with Crippen molar-refractivity contribution >= 4 is 17.4 Å². The Morgan fingerprint density at radius 2 is 1.83 bits per heavy atom. The highest BCUT2D eigenvalue weighted by molar-refractivity contribution is 5.97. The molecule has 0 unspecified atom stereocenters. The number of aliphatic hydroxyl groups is 2. The molecule has 5 fully saturated rings. The van der Waals surface area contributed by atoms with Crippen LogP contribution in [0.2, 0.25) is 0 Å². The lowest BCUT2D eigenvalue weighted by Crippen LogP contribution is -2.51. The van der Waals surface area contributed by atoms with Crippen molar-refractivity contribution in [3.63, 3.8) is 0 Å². The van der Waals surface area contributed by atoms with Crippen LogP contribution in [0.5, 0.6) is 23.0 Å². The Hall–Kier alpha value is -4.28. The fraction of sp³-hybridized carbons (Fsp3) is 0.667. The van der Waals surface area contributed by atoms with Crippen molar-refractivity contribution in [1.82, 2.24) is 10.6 Å². The monoisotopic (exact) mass is 909 g/mol. The Labute approximate surface area is 392 Å². The number of guanidine groups is 1. The summed E-state index contributed by atoms with van der Waals surface area (Å²) >= 11 is 0. The van der Waals surface area contributed by atoms with Crippen LogP contribution in [0.25, 0.3) is 0 Å². The van der Waals surface area contributed by atoms with Crippen molar-refractivity contribution in [1.29, 1.82) is 0 Å². The second-order valence-corrected chi connectivity index (χ2v) is 20.8. The lowest BCUT2D eigenvalue weighted by atomic mass is 9.48. The summed E-state index contributed by atoms with van der Waals surface area (Å²) in [7, 11) is 5.18. The molecule has 1 spiro atoms. The van der Waals surface area contributed by atoms with Crippen LogP contribution < -0.4 is 25.4 Å². The number of hydrogen-bond acceptors (Lipinski definition) is 10. The van der Waals surface area contributed by atoms with E-state index in [4.69, 9.17) is 14.2 Å². The maximum absolute atomic E-state index is 15.5. The molecule has 5 aliphatic carbocycles. The fourth-order valence-corrected chi connectivity index (χ4v) is 14.1. The van der Waals surface area contributed by atoms with Crippen LogP contribution in [-0.4, -0.2) is 85.0 Å². The van der Waals surface area contributed by atoms with Crippen LogP contribution in [0.15, 0.2) is 47.5 Å². The summed E-state index contributed by atoms with van der Waals surface area (Å²) in [4.78, 5) is 20.0. The molecule has 0 amide bonds. The molecule has 0 saturated heterocycles. The minimum Gasteiger partial charge on any atom is -0.504 e. The standard InChI is InChI=1S/C54H76N4O8/c1-5-35-13-15-38-29-40-11-7-21-54(40)41-30-44(50(63)47(31-41)66-52(34-55-2)22-19-37(32-52)28-49(62)65-25-9-24-59)58-51(56-3)57-23-8-12-39-10-6-20-53(39,48(61)18-16-43(54)42(38)26-35)33-36-14-17-45(60)46(27-36)64-4/h14,16-18,27,30-31,35,37-40,42-43,49,55,59-60,62-63H,5-7,9-13,15,19-22,24-26,28-29,32-34H2,1-4H3,(H2,56,57,58)/b18-16+/t35-,37-,38-,39+,40+,42-,43-,49-,52-,53-,54+/m1/s1. The number of phenols is 2. The number of ether oxygens (including phenoxy) is 3. The topological polar surface area (TPSA) is 174 Å². The second-order valence-electron chi connectivity index (χ2n) is 20.8. The Balaban J connectivity index is 1.24. The third kappa shape index (κ3) is 9.70. The Morgan fingerprint density at radius 3 is 2.62 bits per heavy atom. The summed E-state index contributed by atoms with van der Waals surface area (Å²) in [5.74, 6) is 7.12. The fourth-order valence-electron chi connectivity index (χ4n) is 14.1. The van der Waals surface area contributed by atoms with Gasteiger partial charge in [-0.3, -0.25) is 15.1 Å². The predicted molar refractivity (Wildman–Crippen MR) is 258 cm³/mol. The number of allylic oxidation sites excluding steroid dienone is 2. The summed E-state index contributed by atoms with van der Waals surface area (Å²) in [5.41, 5.74) is 0.958. The molecule has 1 heterocycles. The third-order valence-electron chi connectivity index (χ3n) is 17.3. The first-order valence-corrected chi connectivity index (χ1v) is 25.2. The molecule has 12 heteroatoms. The summed E-state index contributed by atoms with van der Waals surface area (Å²) < 4.78 is 18.4. The van der Waals surface area contributed by atoms with E-state index in [9.17, 15) is 20.4 Å². The number of nitrogens with zero attached hydrogens (tertiary/aromatic N) is 1. The van der Waals surface area contributed by atoms with Crippen molar-refractivity contribution in [2.45, 2.75) is 140 Å². The lowest BCUT2D eigenvalue weighted by molar-refractivity contribution is -0.125. The molecule has 0 aromatic heterocycles. The molecule has 7 N–H and O–H groups in total. The summed E-state index contributed by atoms with van der Waals surface area (Å²) in [5, 5.41) is 52.9. The molecular weight excluding hydrogens is 833 g/mol. The van der Waals surface area contributed by atoms with Gasteiger partial charge in [0.05, 0.1) is 19.4 Å². The first-order chi connectivity index (χ1) is 32.0. The second kappa shape index (κ2) is 20.9. The number of nitrogens with one attached hydrogen (secondary N) is 3. The van der Waals surface area contributed by atoms with Crippen LogP contribution >= 0.6 is 0 Å². The van der Waals surface area contributed by atoms with Gasteiger partial charge < -0.3 is 45.3 Å². The number of fused-ring (bicyclic) bond motifs is 5. The van der Waals surface area contributed by atoms with E-state index in [1.165, 1.54) is 12.8 Å². The van der Waals surface area contributed by atoms with Crippen LogP contribution in [0.4, 0.5) is 5.69 Å². The van der Waals surface area contributed by atoms with Gasteiger partial charge in [0.1, 0.15) is 5.60 Å². The smallest absolute Gasteiger partial charge is 0.207 e. The van der Waals surface area contributed by atoms with Gasteiger partial charge in [-0.2, -0.15) is 0 Å². The maximum Gasteiger partial charge on any atom is 0.207 e. The third-order valence-corrected chi connectivity index (χ3v) is 17.3. The molecule has 6 aliphatic rings. The van der Waals surface area contributed by atoms with E-state index in [2.05, 4.69) is 58.0 Å². The van der Waals surface area contributed by atoms with Gasteiger partial charge in [0, 0.05) is 49.9 Å². The zero-order chi connectivity index (χ0) is 46.5. The predicted octanol–water partition coefficient (Wildman–Crippen LogP) is 8.36. The number of carbonyl (C=O) groups excluding carboxylic acids is 1. The van der Waals surface area contributed by atoms with Crippen LogP contribution in [0.1, 0.15) is 127 Å². The summed E-state index contributed by atoms with van der Waals surface area (Å²) in [6, 6.07) is 12.9. The van der Waals surface area contributed by atoms with E-state index in [1.807, 2.05) is 25.3 Å². The number of aliphatic imine (C=N–C) groups is 1. The quantitative estimate of drug-likeness (QED) is 0.0420. The number of ketones is 1. The highest BCUT2D eigenvalue weighted by Crippen LogP contribution is 2.64. The molecule has 2 aromatic rings. The van der Waals surface area contributed by atoms with E-state index in [0.717, 1.165) is 81.8 Å². The molecule has 1 aliphatic heterocycles. The zero-order valence-corrected chi connectivity index (χ0v) is 39.9. The Kier molecular flexibility index (Phi) is 15.3. The van der Waals surface area contributed by atoms with Gasteiger partial charge in [0.25, 0.3) is 0 Å². The number of phenolic OH excluding ortho intramolecular Hbond substituents is 2. The minimum absolute atomic E-state index is 0.00860. The number of benzene rings is 2. The molecule has 5 saturated carbocycles. The maximum atomic E-state index is 15.5. The van der Waals surface area contributed by atoms with Crippen molar-refractivity contribution in [3.05, 3.63) is 53.6 Å². The molecule has 2 bridgehead atoms. The van der Waals surface area contributed by atoms with Gasteiger partial charge in [0.2, 0.25) is 5.96 Å². The number of likely N-dealkylation sites (N-methyl/N-ethyl adjacent to an activating group) is 1. The summed E-state index contributed by atoms with van der Waals surface area (Å²) in [6.45, 7) is 3.20. The molecule has 0 radical (unpaired) electrons. The Morgan fingerprint density at radius 1 is 1.00 bits per heavy atom. The van der Waals surface area contributed by atoms with Crippen LogP contribution in [-0.2, 0) is 21.4 Å². The zero-order valence-electron chi connectivity index (χ0n) is 39.9. The molecule has 66 heavy (non-hydrogen) atoms. The van der Waals surface area contributed by atoms with Crippen molar-refractivity contribution in [2.24, 2.45) is 51.8 Å². The highest BCUT2D eigenvalue weighted by Gasteiger charge is 2.58. The number of hydrogen-bond donors (Lipinski definition) is 7. The van der Waals surface area contributed by atoms with Crippen LogP contribution in [0.3, 0.4) is 0 Å². The van der Waals surface area contributed by atoms with Gasteiger partial charge in [0.15, 0.2) is 35.1 Å². The average Bonchev–Trinajstić information content (AvgIpc) is 4.05. The lowest BCUT2D eigenvalue weighted by Gasteiger charge is -2.55. The average molecular weight is 909 g/mol. The van der Waals surface area contributed by atoms with Gasteiger partial charge in [-0.05, 0) is 167 Å². The number of aromatic hydroxyl groups is 2. The molecule has 12 nitrogen and oxygen atoms in total. The van der Waals surface area contributed by atoms with E-state index in [1.54, 1.807) is 20.2 Å². The van der Waals surface area contributed by atoms with E-state index in [0.29, 0.717) is 92.1 Å². The number of methoxy groups -OCH3 is 1. The number of carbonyl (C=O) groups is 1. The van der Waals surface area contributed by atoms with E-state index < -0.39 is 17.3 Å². The van der Waals surface area contributed by atoms with E-state index >= 15 is 4.79 Å². The van der Waals surface area contributed by atoms with Gasteiger partial charge in [-0.1, -0.05) is 50.7 Å². The van der Waals surface area contributed by atoms with Crippen molar-refractivity contribution in [2.75, 3.05) is 46.3 Å². The SMILES string of the molecule is CC[C@@H]1CC[C@@H]2C[C@@H]3CCC[C@@]34c3cc(c(O)c(O[C@]5(CNC)CC[C@H](C[C@H](O)OCCCO)C5)c3)NC(=NC)NC#CC[C@@H]3CCC[C@]3(Cc3ccc(O)c(OC)c3)C(=O)/C=C/[C@@H]4[C@@H]2C1. The number of aliphatic hydroxyl groups excluding tert-OH is 2. The first-order valence-electron chi connectivity index (χ1n) is 25.2. The van der Waals surface area contributed by atoms with Crippen LogP contribution in [0, 0.1) is 58.8 Å². The largest absolute Gasteiger partial charge is 0.504 e. The number of rotatable bonds is 14. The Bertz CT molecular complexity index is 2150. The normalized spacial score (nSPS) is 34.4. The first kappa shape index (κ1) is 48.2. The van der Waals surface area contributed by atoms with Crippen molar-refractivity contribution < 1.29 is 39.4 Å². The molecule has 360 valence electrons. The van der Waals surface area contributed by atoms with Crippen molar-refractivity contribution in [3.8, 4) is 35.0 Å². The molecule has 2 aromatic carbocycles. The molecule has 8 rings (SSSR count). The molecular formula is C54H76N4O8. The molecule has 11 atom stereocenters. The van der Waals surface area contributed by atoms with Gasteiger partial charge in [-0.15, -0.1) is 0 Å². The van der Waals surface area contributed by atoms with Gasteiger partial charge in [-0.25, -0.2) is 0 Å². The number of anilines is 1.